The Balaban J connectivity index is 1.95. The van der Waals surface area contributed by atoms with E-state index in [1.165, 1.54) is 49.9 Å². The molecule has 0 amide bonds. The predicted octanol–water partition coefficient (Wildman–Crippen LogP) is 6.70. The molecule has 0 nitrogen and oxygen atoms in total. The summed E-state index contributed by atoms with van der Waals surface area (Å²) in [6.45, 7) is 0. The molecule has 1 heterocycles. The molecule has 2 rings (SSSR count). The largest absolute Gasteiger partial charge is 0.118 e. The Bertz CT molecular complexity index is 354. The van der Waals surface area contributed by atoms with E-state index < -0.39 is 0 Å². The van der Waals surface area contributed by atoms with Crippen molar-refractivity contribution in [2.45, 2.75) is 50.3 Å². The zero-order valence-corrected chi connectivity index (χ0v) is 12.8. The van der Waals surface area contributed by atoms with E-state index >= 15 is 0 Å². The lowest BCUT2D eigenvalue weighted by molar-refractivity contribution is 0.423. The third-order valence-corrected chi connectivity index (χ3v) is 5.47. The second kappa shape index (κ2) is 6.65. The first kappa shape index (κ1) is 14.0. The van der Waals surface area contributed by atoms with E-state index in [9.17, 15) is 0 Å². The van der Waals surface area contributed by atoms with Crippen LogP contribution >= 0.6 is 46.1 Å². The Morgan fingerprint density at radius 1 is 1.18 bits per heavy atom. The number of rotatable bonds is 3. The van der Waals surface area contributed by atoms with Crippen LogP contribution in [0.1, 0.15) is 55.9 Å². The molecule has 1 atom stereocenters. The van der Waals surface area contributed by atoms with Crippen LogP contribution < -0.4 is 0 Å². The first-order valence-electron chi connectivity index (χ1n) is 6.25. The highest BCUT2D eigenvalue weighted by molar-refractivity contribution is 7.20. The lowest BCUT2D eigenvalue weighted by atomic mass is 9.93. The summed E-state index contributed by atoms with van der Waals surface area (Å²) in [6.07, 6.45) is 9.15. The first-order valence-corrected chi connectivity index (χ1v) is 8.26. The molecule has 1 aliphatic rings. The van der Waals surface area contributed by atoms with E-state index in [0.29, 0.717) is 0 Å². The van der Waals surface area contributed by atoms with Crippen LogP contribution in [0.4, 0.5) is 0 Å². The van der Waals surface area contributed by atoms with Crippen LogP contribution in [-0.2, 0) is 0 Å². The number of halogens is 3. The summed E-state index contributed by atoms with van der Waals surface area (Å²) >= 11 is 20.0. The summed E-state index contributed by atoms with van der Waals surface area (Å²) in [5.41, 5.74) is 1.02. The average molecular weight is 312 g/mol. The van der Waals surface area contributed by atoms with E-state index in [1.54, 1.807) is 0 Å². The fraction of sp³-hybridized carbons (Fsp3) is 0.692. The number of hydrogen-bond donors (Lipinski definition) is 0. The Hall–Kier alpha value is 0.570. The normalized spacial score (nSPS) is 20.2. The average Bonchev–Trinajstić information content (AvgIpc) is 2.51. The lowest BCUT2D eigenvalue weighted by Crippen LogP contribution is -2.03. The maximum Gasteiger partial charge on any atom is 0.0991 e. The van der Waals surface area contributed by atoms with E-state index in [4.69, 9.17) is 34.8 Å². The molecule has 1 unspecified atom stereocenters. The summed E-state index contributed by atoms with van der Waals surface area (Å²) in [4.78, 5) is 0. The van der Waals surface area contributed by atoms with Crippen molar-refractivity contribution in [3.8, 4) is 0 Å². The van der Waals surface area contributed by atoms with Gasteiger partial charge in [0.25, 0.3) is 0 Å². The zero-order valence-electron chi connectivity index (χ0n) is 9.72. The summed E-state index contributed by atoms with van der Waals surface area (Å²) in [5, 5.41) is 0.0225. The Morgan fingerprint density at radius 3 is 2.35 bits per heavy atom. The third-order valence-electron chi connectivity index (χ3n) is 3.54. The predicted molar refractivity (Wildman–Crippen MR) is 78.7 cm³/mol. The number of thiophene rings is 1. The van der Waals surface area contributed by atoms with Crippen molar-refractivity contribution < 1.29 is 0 Å². The minimum absolute atomic E-state index is 0.0225. The van der Waals surface area contributed by atoms with Crippen LogP contribution in [-0.4, -0.2) is 0 Å². The minimum atomic E-state index is 0.0225. The van der Waals surface area contributed by atoms with Gasteiger partial charge in [0.1, 0.15) is 0 Å². The molecule has 0 N–H and O–H groups in total. The fourth-order valence-corrected chi connectivity index (χ4v) is 4.71. The molecule has 0 aliphatic heterocycles. The van der Waals surface area contributed by atoms with Crippen molar-refractivity contribution in [3.63, 3.8) is 0 Å². The molecule has 17 heavy (non-hydrogen) atoms. The van der Waals surface area contributed by atoms with Crippen LogP contribution in [0.25, 0.3) is 0 Å². The van der Waals surface area contributed by atoms with Crippen LogP contribution in [0.2, 0.25) is 8.67 Å². The van der Waals surface area contributed by atoms with Crippen molar-refractivity contribution in [1.82, 2.24) is 0 Å². The quantitative estimate of drug-likeness (QED) is 0.430. The highest BCUT2D eigenvalue weighted by Crippen LogP contribution is 2.41. The molecule has 0 spiro atoms. The molecule has 1 aromatic heterocycles. The minimum Gasteiger partial charge on any atom is -0.118 e. The zero-order chi connectivity index (χ0) is 12.3. The van der Waals surface area contributed by atoms with Gasteiger partial charge in [-0.05, 0) is 18.4 Å². The topological polar surface area (TPSA) is 0 Å². The van der Waals surface area contributed by atoms with Crippen molar-refractivity contribution in [2.24, 2.45) is 5.92 Å². The lowest BCUT2D eigenvalue weighted by Gasteiger charge is -2.17. The van der Waals surface area contributed by atoms with Gasteiger partial charge in [-0.2, -0.15) is 0 Å². The SMILES string of the molecule is Clc1cc(C(Cl)CC2CCCCCC2)c(Cl)s1. The van der Waals surface area contributed by atoms with Gasteiger partial charge in [-0.25, -0.2) is 0 Å². The van der Waals surface area contributed by atoms with Gasteiger partial charge in [-0.3, -0.25) is 0 Å². The number of alkyl halides is 1. The molecule has 0 bridgehead atoms. The maximum atomic E-state index is 6.48. The van der Waals surface area contributed by atoms with Crippen LogP contribution in [0, 0.1) is 5.92 Å². The Kier molecular flexibility index (Phi) is 5.48. The van der Waals surface area contributed by atoms with Crippen molar-refractivity contribution in [3.05, 3.63) is 20.3 Å². The molecule has 1 aliphatic carbocycles. The molecule has 1 aromatic rings. The molecule has 1 fully saturated rings. The van der Waals surface area contributed by atoms with Gasteiger partial charge in [-0.1, -0.05) is 61.7 Å². The van der Waals surface area contributed by atoms with E-state index in [2.05, 4.69) is 0 Å². The van der Waals surface area contributed by atoms with Crippen LogP contribution in [0.5, 0.6) is 0 Å². The van der Waals surface area contributed by atoms with Crippen molar-refractivity contribution >= 4 is 46.1 Å². The van der Waals surface area contributed by atoms with Gasteiger partial charge in [0.2, 0.25) is 0 Å². The summed E-state index contributed by atoms with van der Waals surface area (Å²) in [5.74, 6) is 0.759. The van der Waals surface area contributed by atoms with Gasteiger partial charge < -0.3 is 0 Å². The monoisotopic (exact) mass is 310 g/mol. The summed E-state index contributed by atoms with van der Waals surface area (Å²) in [7, 11) is 0. The van der Waals surface area contributed by atoms with Crippen LogP contribution in [0.3, 0.4) is 0 Å². The summed E-state index contributed by atoms with van der Waals surface area (Å²) in [6, 6.07) is 1.92. The van der Waals surface area contributed by atoms with Gasteiger partial charge in [0.05, 0.1) is 14.0 Å². The molecule has 0 saturated heterocycles. The third kappa shape index (κ3) is 4.02. The molecular weight excluding hydrogens is 295 g/mol. The van der Waals surface area contributed by atoms with E-state index in [0.717, 1.165) is 26.6 Å². The molecule has 96 valence electrons. The standard InChI is InChI=1S/C13H17Cl3S/c14-11(10-8-12(15)17-13(10)16)7-9-5-3-1-2-4-6-9/h8-9,11H,1-7H2. The second-order valence-electron chi connectivity index (χ2n) is 4.84. The molecule has 1 saturated carbocycles. The van der Waals surface area contributed by atoms with Crippen LogP contribution in [0.15, 0.2) is 6.07 Å². The summed E-state index contributed by atoms with van der Waals surface area (Å²) < 4.78 is 1.49. The number of hydrogen-bond acceptors (Lipinski definition) is 1. The Labute approximate surface area is 122 Å². The van der Waals surface area contributed by atoms with E-state index in [1.807, 2.05) is 6.07 Å². The second-order valence-corrected chi connectivity index (χ2v) is 7.65. The van der Waals surface area contributed by atoms with Gasteiger partial charge in [0, 0.05) is 5.56 Å². The molecular formula is C13H17Cl3S. The maximum absolute atomic E-state index is 6.48. The molecule has 4 heteroatoms. The molecule has 0 radical (unpaired) electrons. The highest BCUT2D eigenvalue weighted by Gasteiger charge is 2.21. The van der Waals surface area contributed by atoms with Crippen molar-refractivity contribution in [2.75, 3.05) is 0 Å². The van der Waals surface area contributed by atoms with Gasteiger partial charge in [-0.15, -0.1) is 22.9 Å². The van der Waals surface area contributed by atoms with E-state index in [-0.39, 0.29) is 5.38 Å². The van der Waals surface area contributed by atoms with Gasteiger partial charge >= 0.3 is 0 Å². The van der Waals surface area contributed by atoms with Crippen molar-refractivity contribution in [1.29, 1.82) is 0 Å². The smallest absolute Gasteiger partial charge is 0.0991 e. The fourth-order valence-electron chi connectivity index (χ4n) is 2.59. The highest BCUT2D eigenvalue weighted by atomic mass is 35.5. The molecule has 0 aromatic carbocycles. The first-order chi connectivity index (χ1) is 8.16. The van der Waals surface area contributed by atoms with Gasteiger partial charge in [0.15, 0.2) is 0 Å². The Morgan fingerprint density at radius 2 is 1.82 bits per heavy atom.